The van der Waals surface area contributed by atoms with Crippen LogP contribution in [0.4, 0.5) is 0 Å². The van der Waals surface area contributed by atoms with Crippen LogP contribution in [0.15, 0.2) is 17.1 Å². The molecule has 1 aliphatic carbocycles. The molecule has 1 atom stereocenters. The number of pyridine rings is 1. The van der Waals surface area contributed by atoms with Gasteiger partial charge in [0.05, 0.1) is 0 Å². The molecule has 0 fully saturated rings. The fourth-order valence-corrected chi connectivity index (χ4v) is 1.95. The summed E-state index contributed by atoms with van der Waals surface area (Å²) in [6, 6.07) is 1.75. The quantitative estimate of drug-likeness (QED) is 0.621. The molecule has 1 aromatic heterocycles. The zero-order chi connectivity index (χ0) is 8.55. The van der Waals surface area contributed by atoms with Crippen LogP contribution in [0.5, 0.6) is 0 Å². The Morgan fingerprint density at radius 2 is 2.42 bits per heavy atom. The second kappa shape index (κ2) is 2.77. The van der Waals surface area contributed by atoms with Gasteiger partial charge in [0.1, 0.15) is 0 Å². The van der Waals surface area contributed by atoms with E-state index in [0.29, 0.717) is 5.92 Å². The summed E-state index contributed by atoms with van der Waals surface area (Å²) in [5.74, 6) is 0.566. The molecule has 2 rings (SSSR count). The van der Waals surface area contributed by atoms with Crippen molar-refractivity contribution in [1.82, 2.24) is 4.98 Å². The van der Waals surface area contributed by atoms with Crippen LogP contribution in [0.3, 0.4) is 0 Å². The van der Waals surface area contributed by atoms with Gasteiger partial charge >= 0.3 is 0 Å². The van der Waals surface area contributed by atoms with Crippen LogP contribution >= 0.6 is 0 Å². The van der Waals surface area contributed by atoms with Crippen molar-refractivity contribution in [2.45, 2.75) is 32.1 Å². The molecule has 1 aliphatic rings. The Bertz CT molecular complexity index is 340. The number of rotatable bonds is 0. The highest BCUT2D eigenvalue weighted by Crippen LogP contribution is 2.28. The van der Waals surface area contributed by atoms with Crippen LogP contribution in [0.2, 0.25) is 0 Å². The Kier molecular flexibility index (Phi) is 1.75. The Balaban J connectivity index is 2.54. The van der Waals surface area contributed by atoms with Crippen molar-refractivity contribution in [2.24, 2.45) is 0 Å². The van der Waals surface area contributed by atoms with Crippen LogP contribution in [0.1, 0.15) is 36.8 Å². The molecule has 0 amide bonds. The van der Waals surface area contributed by atoms with Gasteiger partial charge in [0.15, 0.2) is 0 Å². The van der Waals surface area contributed by atoms with Gasteiger partial charge in [-0.05, 0) is 36.3 Å². The van der Waals surface area contributed by atoms with Gasteiger partial charge in [0.25, 0.3) is 0 Å². The van der Waals surface area contributed by atoms with Crippen molar-refractivity contribution in [3.05, 3.63) is 33.7 Å². The summed E-state index contributed by atoms with van der Waals surface area (Å²) in [6.45, 7) is 2.19. The van der Waals surface area contributed by atoms with E-state index in [0.717, 1.165) is 6.42 Å². The van der Waals surface area contributed by atoms with E-state index in [1.807, 2.05) is 6.20 Å². The van der Waals surface area contributed by atoms with Crippen LogP contribution in [0, 0.1) is 0 Å². The third-order valence-electron chi connectivity index (χ3n) is 2.66. The molecule has 1 heterocycles. The Labute approximate surface area is 71.6 Å². The monoisotopic (exact) mass is 163 g/mol. The highest BCUT2D eigenvalue weighted by molar-refractivity contribution is 5.28. The highest BCUT2D eigenvalue weighted by Gasteiger charge is 2.15. The summed E-state index contributed by atoms with van der Waals surface area (Å²) in [4.78, 5) is 13.8. The number of nitrogens with one attached hydrogen (secondary N) is 1. The molecule has 0 aliphatic heterocycles. The first kappa shape index (κ1) is 7.59. The second-order valence-electron chi connectivity index (χ2n) is 3.57. The molecule has 0 saturated heterocycles. The average molecular weight is 163 g/mol. The van der Waals surface area contributed by atoms with Gasteiger partial charge in [0.2, 0.25) is 5.56 Å². The van der Waals surface area contributed by atoms with Crippen molar-refractivity contribution >= 4 is 0 Å². The van der Waals surface area contributed by atoms with E-state index in [1.54, 1.807) is 6.07 Å². The molecule has 0 spiro atoms. The minimum absolute atomic E-state index is 0.0301. The van der Waals surface area contributed by atoms with Crippen LogP contribution in [-0.4, -0.2) is 4.98 Å². The minimum atomic E-state index is 0.0301. The first-order valence-electron chi connectivity index (χ1n) is 4.49. The lowest BCUT2D eigenvalue weighted by Crippen LogP contribution is -2.13. The maximum atomic E-state index is 11.0. The number of H-pyrrole nitrogens is 1. The van der Waals surface area contributed by atoms with E-state index in [9.17, 15) is 4.79 Å². The van der Waals surface area contributed by atoms with Crippen LogP contribution in [-0.2, 0) is 6.42 Å². The zero-order valence-corrected chi connectivity index (χ0v) is 7.26. The molecule has 12 heavy (non-hydrogen) atoms. The number of fused-ring (bicyclic) bond motifs is 1. The van der Waals surface area contributed by atoms with Crippen molar-refractivity contribution in [3.63, 3.8) is 0 Å². The second-order valence-corrected chi connectivity index (χ2v) is 3.57. The first-order valence-corrected chi connectivity index (χ1v) is 4.49. The Morgan fingerprint density at radius 3 is 3.25 bits per heavy atom. The number of hydrogen-bond acceptors (Lipinski definition) is 1. The van der Waals surface area contributed by atoms with E-state index in [2.05, 4.69) is 11.9 Å². The molecule has 1 aromatic rings. The number of hydrogen-bond donors (Lipinski definition) is 1. The minimum Gasteiger partial charge on any atom is -0.329 e. The lowest BCUT2D eigenvalue weighted by molar-refractivity contribution is 0.587. The summed E-state index contributed by atoms with van der Waals surface area (Å²) >= 11 is 0. The SMILES string of the molecule is CC1CCCc2c[nH]c(=O)cc21. The fraction of sp³-hybridized carbons (Fsp3) is 0.500. The van der Waals surface area contributed by atoms with Crippen molar-refractivity contribution < 1.29 is 0 Å². The third-order valence-corrected chi connectivity index (χ3v) is 2.66. The molecule has 1 N–H and O–H groups in total. The number of aromatic amines is 1. The molecule has 0 radical (unpaired) electrons. The van der Waals surface area contributed by atoms with Crippen molar-refractivity contribution in [1.29, 1.82) is 0 Å². The van der Waals surface area contributed by atoms with Crippen molar-refractivity contribution in [3.8, 4) is 0 Å². The Hall–Kier alpha value is -1.05. The zero-order valence-electron chi connectivity index (χ0n) is 7.26. The van der Waals surface area contributed by atoms with Gasteiger partial charge < -0.3 is 4.98 Å². The van der Waals surface area contributed by atoms with Crippen LogP contribution < -0.4 is 5.56 Å². The maximum absolute atomic E-state index is 11.0. The predicted molar refractivity (Wildman–Crippen MR) is 48.4 cm³/mol. The molecule has 64 valence electrons. The molecule has 1 unspecified atom stereocenters. The molecule has 2 nitrogen and oxygen atoms in total. The first-order chi connectivity index (χ1) is 5.77. The lowest BCUT2D eigenvalue weighted by atomic mass is 9.85. The number of aromatic nitrogens is 1. The average Bonchev–Trinajstić information content (AvgIpc) is 2.07. The van der Waals surface area contributed by atoms with Gasteiger partial charge in [-0.1, -0.05) is 6.92 Å². The molecule has 2 heteroatoms. The molecular weight excluding hydrogens is 150 g/mol. The standard InChI is InChI=1S/C10H13NO/c1-7-3-2-4-8-6-11-10(12)5-9(7)8/h5-7H,2-4H2,1H3,(H,11,12). The van der Waals surface area contributed by atoms with Crippen molar-refractivity contribution in [2.75, 3.05) is 0 Å². The van der Waals surface area contributed by atoms with Gasteiger partial charge in [-0.2, -0.15) is 0 Å². The smallest absolute Gasteiger partial charge is 0.248 e. The summed E-state index contributed by atoms with van der Waals surface area (Å²) in [5.41, 5.74) is 2.61. The maximum Gasteiger partial charge on any atom is 0.248 e. The largest absolute Gasteiger partial charge is 0.329 e. The third kappa shape index (κ3) is 1.17. The summed E-state index contributed by atoms with van der Waals surface area (Å²) in [7, 11) is 0. The van der Waals surface area contributed by atoms with Gasteiger partial charge in [0, 0.05) is 12.3 Å². The lowest BCUT2D eigenvalue weighted by Gasteiger charge is -2.20. The van der Waals surface area contributed by atoms with E-state index < -0.39 is 0 Å². The van der Waals surface area contributed by atoms with E-state index in [1.165, 1.54) is 24.0 Å². The molecular formula is C10H13NO. The van der Waals surface area contributed by atoms with Gasteiger partial charge in [-0.25, -0.2) is 0 Å². The summed E-state index contributed by atoms with van der Waals surface area (Å²) in [6.07, 6.45) is 5.46. The van der Waals surface area contributed by atoms with E-state index in [4.69, 9.17) is 0 Å². The normalized spacial score (nSPS) is 21.9. The number of aryl methyl sites for hydroxylation is 1. The summed E-state index contributed by atoms with van der Waals surface area (Å²) < 4.78 is 0. The van der Waals surface area contributed by atoms with Gasteiger partial charge in [-0.15, -0.1) is 0 Å². The Morgan fingerprint density at radius 1 is 1.58 bits per heavy atom. The fourth-order valence-electron chi connectivity index (χ4n) is 1.95. The molecule has 0 aromatic carbocycles. The highest BCUT2D eigenvalue weighted by atomic mass is 16.1. The summed E-state index contributed by atoms with van der Waals surface area (Å²) in [5, 5.41) is 0. The molecule has 0 bridgehead atoms. The molecule has 0 saturated carbocycles. The van der Waals surface area contributed by atoms with E-state index in [-0.39, 0.29) is 5.56 Å². The van der Waals surface area contributed by atoms with E-state index >= 15 is 0 Å². The topological polar surface area (TPSA) is 32.9 Å². The van der Waals surface area contributed by atoms with Gasteiger partial charge in [-0.3, -0.25) is 4.79 Å². The predicted octanol–water partition coefficient (Wildman–Crippen LogP) is 1.81. The van der Waals surface area contributed by atoms with Crippen LogP contribution in [0.25, 0.3) is 0 Å².